The van der Waals surface area contributed by atoms with Crippen LogP contribution < -0.4 is 5.32 Å². The number of piperazine rings is 1. The fourth-order valence-corrected chi connectivity index (χ4v) is 2.95. The van der Waals surface area contributed by atoms with Crippen LogP contribution in [0.3, 0.4) is 0 Å². The summed E-state index contributed by atoms with van der Waals surface area (Å²) in [6.45, 7) is 1.45. The standard InChI is InChI=1S/C12H10ClF3N2O/c13-6-3-7-9-5-17-1-2-18(9)11(19)10(7)8(4-6)12(14,15)16/h3-4,9,17H,1-2,5H2/t9-/m0/s1. The number of nitrogens with one attached hydrogen (secondary N) is 1. The molecule has 0 spiro atoms. The van der Waals surface area contributed by atoms with Crippen molar-refractivity contribution in [1.29, 1.82) is 0 Å². The van der Waals surface area contributed by atoms with Gasteiger partial charge < -0.3 is 10.2 Å². The van der Waals surface area contributed by atoms with Crippen molar-refractivity contribution in [3.8, 4) is 0 Å². The monoisotopic (exact) mass is 290 g/mol. The van der Waals surface area contributed by atoms with E-state index in [4.69, 9.17) is 11.6 Å². The molecule has 3 nitrogen and oxygen atoms in total. The predicted octanol–water partition coefficient (Wildman–Crippen LogP) is 2.46. The summed E-state index contributed by atoms with van der Waals surface area (Å²) in [5.41, 5.74) is -0.808. The van der Waals surface area contributed by atoms with Gasteiger partial charge in [-0.1, -0.05) is 11.6 Å². The molecule has 1 saturated heterocycles. The number of alkyl halides is 3. The van der Waals surface area contributed by atoms with Crippen molar-refractivity contribution in [3.63, 3.8) is 0 Å². The van der Waals surface area contributed by atoms with E-state index >= 15 is 0 Å². The summed E-state index contributed by atoms with van der Waals surface area (Å²) in [7, 11) is 0. The average Bonchev–Trinajstić information content (AvgIpc) is 2.62. The van der Waals surface area contributed by atoms with Gasteiger partial charge in [0.2, 0.25) is 0 Å². The van der Waals surface area contributed by atoms with Crippen LogP contribution in [0.2, 0.25) is 5.02 Å². The lowest BCUT2D eigenvalue weighted by molar-refractivity contribution is -0.137. The molecule has 0 bridgehead atoms. The lowest BCUT2D eigenvalue weighted by Gasteiger charge is -2.30. The zero-order chi connectivity index (χ0) is 13.8. The minimum atomic E-state index is -4.58. The molecule has 1 aromatic carbocycles. The van der Waals surface area contributed by atoms with Gasteiger partial charge >= 0.3 is 6.18 Å². The number of hydrogen-bond acceptors (Lipinski definition) is 2. The van der Waals surface area contributed by atoms with Crippen LogP contribution in [0.25, 0.3) is 0 Å². The molecule has 2 heterocycles. The highest BCUT2D eigenvalue weighted by atomic mass is 35.5. The van der Waals surface area contributed by atoms with Crippen molar-refractivity contribution in [2.75, 3.05) is 19.6 Å². The third-order valence-electron chi connectivity index (χ3n) is 3.52. The van der Waals surface area contributed by atoms with E-state index in [1.54, 1.807) is 0 Å². The Balaban J connectivity index is 2.21. The van der Waals surface area contributed by atoms with E-state index in [0.717, 1.165) is 6.07 Å². The number of fused-ring (bicyclic) bond motifs is 3. The molecule has 0 radical (unpaired) electrons. The van der Waals surface area contributed by atoms with Crippen LogP contribution in [0.5, 0.6) is 0 Å². The molecule has 2 aliphatic heterocycles. The van der Waals surface area contributed by atoms with Crippen LogP contribution in [-0.4, -0.2) is 30.4 Å². The van der Waals surface area contributed by atoms with Crippen molar-refractivity contribution < 1.29 is 18.0 Å². The number of benzene rings is 1. The highest BCUT2D eigenvalue weighted by Crippen LogP contribution is 2.43. The van der Waals surface area contributed by atoms with Gasteiger partial charge in [0, 0.05) is 24.7 Å². The SMILES string of the molecule is O=C1c2c(cc(Cl)cc2C(F)(F)F)[C@@H]2CNCCN12. The summed E-state index contributed by atoms with van der Waals surface area (Å²) in [6.07, 6.45) is -4.58. The van der Waals surface area contributed by atoms with Crippen LogP contribution in [0.1, 0.15) is 27.5 Å². The first kappa shape index (κ1) is 12.7. The number of carbonyl (C=O) groups is 1. The molecule has 19 heavy (non-hydrogen) atoms. The average molecular weight is 291 g/mol. The maximum absolute atomic E-state index is 13.0. The summed E-state index contributed by atoms with van der Waals surface area (Å²) in [4.78, 5) is 13.6. The molecule has 0 aromatic heterocycles. The second-order valence-electron chi connectivity index (χ2n) is 4.63. The Bertz CT molecular complexity index is 559. The lowest BCUT2D eigenvalue weighted by atomic mass is 9.98. The molecular formula is C12H10ClF3N2O. The van der Waals surface area contributed by atoms with Crippen LogP contribution in [0, 0.1) is 0 Å². The van der Waals surface area contributed by atoms with Gasteiger partial charge in [0.1, 0.15) is 0 Å². The van der Waals surface area contributed by atoms with Crippen molar-refractivity contribution in [1.82, 2.24) is 10.2 Å². The molecule has 1 amide bonds. The molecule has 1 N–H and O–H groups in total. The topological polar surface area (TPSA) is 32.3 Å². The third-order valence-corrected chi connectivity index (χ3v) is 3.73. The minimum absolute atomic E-state index is 0.00583. The molecule has 0 unspecified atom stereocenters. The number of rotatable bonds is 0. The number of amides is 1. The van der Waals surface area contributed by atoms with E-state index in [2.05, 4.69) is 5.32 Å². The Morgan fingerprint density at radius 1 is 1.37 bits per heavy atom. The van der Waals surface area contributed by atoms with Crippen LogP contribution in [0.15, 0.2) is 12.1 Å². The Hall–Kier alpha value is -1.27. The Morgan fingerprint density at radius 3 is 2.79 bits per heavy atom. The van der Waals surface area contributed by atoms with E-state index in [9.17, 15) is 18.0 Å². The fraction of sp³-hybridized carbons (Fsp3) is 0.417. The maximum atomic E-state index is 13.0. The summed E-state index contributed by atoms with van der Waals surface area (Å²) in [6, 6.07) is 1.93. The summed E-state index contributed by atoms with van der Waals surface area (Å²) < 4.78 is 39.1. The van der Waals surface area contributed by atoms with E-state index < -0.39 is 17.6 Å². The molecule has 1 fully saturated rings. The lowest BCUT2D eigenvalue weighted by Crippen LogP contribution is -2.44. The van der Waals surface area contributed by atoms with Gasteiger partial charge in [0.05, 0.1) is 17.2 Å². The smallest absolute Gasteiger partial charge is 0.329 e. The highest BCUT2D eigenvalue weighted by Gasteiger charge is 2.45. The van der Waals surface area contributed by atoms with Gasteiger partial charge in [-0.05, 0) is 17.7 Å². The van der Waals surface area contributed by atoms with Gasteiger partial charge in [0.25, 0.3) is 5.91 Å². The van der Waals surface area contributed by atoms with E-state index in [-0.39, 0.29) is 16.6 Å². The van der Waals surface area contributed by atoms with E-state index in [1.165, 1.54) is 11.0 Å². The quantitative estimate of drug-likeness (QED) is 0.796. The molecule has 2 aliphatic rings. The Kier molecular flexibility index (Phi) is 2.76. The summed E-state index contributed by atoms with van der Waals surface area (Å²) >= 11 is 5.76. The number of nitrogens with zero attached hydrogens (tertiary/aromatic N) is 1. The molecule has 7 heteroatoms. The van der Waals surface area contributed by atoms with Gasteiger partial charge in [-0.3, -0.25) is 4.79 Å². The maximum Gasteiger partial charge on any atom is 0.417 e. The third kappa shape index (κ3) is 1.90. The molecule has 102 valence electrons. The van der Waals surface area contributed by atoms with Gasteiger partial charge in [-0.25, -0.2) is 0 Å². The zero-order valence-electron chi connectivity index (χ0n) is 9.72. The molecule has 3 rings (SSSR count). The van der Waals surface area contributed by atoms with Gasteiger partial charge in [-0.2, -0.15) is 13.2 Å². The van der Waals surface area contributed by atoms with E-state index in [0.29, 0.717) is 25.2 Å². The predicted molar refractivity (Wildman–Crippen MR) is 63.1 cm³/mol. The first-order valence-electron chi connectivity index (χ1n) is 5.82. The highest BCUT2D eigenvalue weighted by molar-refractivity contribution is 6.31. The van der Waals surface area contributed by atoms with Gasteiger partial charge in [-0.15, -0.1) is 0 Å². The zero-order valence-corrected chi connectivity index (χ0v) is 10.5. The van der Waals surface area contributed by atoms with Crippen LogP contribution >= 0.6 is 11.6 Å². The van der Waals surface area contributed by atoms with Crippen molar-refractivity contribution in [3.05, 3.63) is 33.8 Å². The van der Waals surface area contributed by atoms with E-state index in [1.807, 2.05) is 0 Å². The number of halogens is 4. The number of carbonyl (C=O) groups excluding carboxylic acids is 1. The molecular weight excluding hydrogens is 281 g/mol. The van der Waals surface area contributed by atoms with Crippen molar-refractivity contribution >= 4 is 17.5 Å². The van der Waals surface area contributed by atoms with Crippen LogP contribution in [-0.2, 0) is 6.18 Å². The Morgan fingerprint density at radius 2 is 2.11 bits per heavy atom. The summed E-state index contributed by atoms with van der Waals surface area (Å²) in [5, 5.41) is 3.08. The molecule has 0 saturated carbocycles. The normalized spacial score (nSPS) is 22.4. The largest absolute Gasteiger partial charge is 0.417 e. The Labute approximate surface area is 112 Å². The van der Waals surface area contributed by atoms with Gasteiger partial charge in [0.15, 0.2) is 0 Å². The molecule has 0 aliphatic carbocycles. The minimum Gasteiger partial charge on any atom is -0.329 e. The van der Waals surface area contributed by atoms with Crippen LogP contribution in [0.4, 0.5) is 13.2 Å². The second kappa shape index (κ2) is 4.11. The van der Waals surface area contributed by atoms with Crippen molar-refractivity contribution in [2.24, 2.45) is 0 Å². The first-order valence-corrected chi connectivity index (χ1v) is 6.19. The fourth-order valence-electron chi connectivity index (χ4n) is 2.72. The molecule has 1 aromatic rings. The van der Waals surface area contributed by atoms with Crippen molar-refractivity contribution in [2.45, 2.75) is 12.2 Å². The summed E-state index contributed by atoms with van der Waals surface area (Å²) in [5.74, 6) is -0.550. The molecule has 1 atom stereocenters. The number of hydrogen-bond donors (Lipinski definition) is 1. The first-order chi connectivity index (χ1) is 8.89. The second-order valence-corrected chi connectivity index (χ2v) is 5.07.